The van der Waals surface area contributed by atoms with Crippen LogP contribution in [0.5, 0.6) is 11.5 Å². The van der Waals surface area contributed by atoms with E-state index in [2.05, 4.69) is 5.32 Å². The lowest BCUT2D eigenvalue weighted by Crippen LogP contribution is -2.37. The van der Waals surface area contributed by atoms with E-state index in [0.717, 1.165) is 22.9 Å². The first-order valence-electron chi connectivity index (χ1n) is 6.62. The number of nitrogens with one attached hydrogen (secondary N) is 1. The summed E-state index contributed by atoms with van der Waals surface area (Å²) in [5, 5.41) is 3.34. The number of rotatable bonds is 6. The molecule has 2 rings (SSSR count). The lowest BCUT2D eigenvalue weighted by Gasteiger charge is -2.29. The fourth-order valence-electron chi connectivity index (χ4n) is 1.93. The van der Waals surface area contributed by atoms with Crippen molar-refractivity contribution in [3.8, 4) is 11.5 Å². The molecule has 0 radical (unpaired) electrons. The fourth-order valence-corrected chi connectivity index (χ4v) is 2.22. The van der Waals surface area contributed by atoms with E-state index in [-0.39, 0.29) is 0 Å². The van der Waals surface area contributed by atoms with E-state index in [4.69, 9.17) is 14.7 Å². The monoisotopic (exact) mass is 304 g/mol. The van der Waals surface area contributed by atoms with E-state index in [9.17, 15) is 0 Å². The molecular formula is C16H20N2O2S. The minimum atomic E-state index is -0.561. The van der Waals surface area contributed by atoms with Gasteiger partial charge in [-0.2, -0.15) is 0 Å². The Bertz CT molecular complexity index is 585. The Kier molecular flexibility index (Phi) is 4.85. The quantitative estimate of drug-likeness (QED) is 0.477. The van der Waals surface area contributed by atoms with Crippen molar-refractivity contribution in [1.29, 1.82) is 0 Å². The van der Waals surface area contributed by atoms with Crippen molar-refractivity contribution < 1.29 is 8.92 Å². The van der Waals surface area contributed by atoms with Crippen LogP contribution >= 0.6 is 12.0 Å². The van der Waals surface area contributed by atoms with Crippen LogP contribution in [-0.2, 0) is 0 Å². The molecule has 0 saturated carbocycles. The predicted molar refractivity (Wildman–Crippen MR) is 89.8 cm³/mol. The second-order valence-corrected chi connectivity index (χ2v) is 5.58. The van der Waals surface area contributed by atoms with E-state index in [1.165, 1.54) is 12.0 Å². The third kappa shape index (κ3) is 4.79. The maximum absolute atomic E-state index is 5.95. The van der Waals surface area contributed by atoms with Crippen LogP contribution in [0.3, 0.4) is 0 Å². The molecule has 0 fully saturated rings. The Morgan fingerprint density at radius 2 is 1.76 bits per heavy atom. The Morgan fingerprint density at radius 1 is 1.05 bits per heavy atom. The molecule has 0 aliphatic carbocycles. The molecule has 3 N–H and O–H groups in total. The minimum Gasteiger partial charge on any atom is -0.469 e. The summed E-state index contributed by atoms with van der Waals surface area (Å²) in [4.78, 5) is 0. The van der Waals surface area contributed by atoms with E-state index in [0.29, 0.717) is 0 Å². The summed E-state index contributed by atoms with van der Waals surface area (Å²) in [5.74, 6) is 1.56. The number of hydrogen-bond donors (Lipinski definition) is 2. The second kappa shape index (κ2) is 6.63. The van der Waals surface area contributed by atoms with Crippen molar-refractivity contribution >= 4 is 23.4 Å². The number of benzene rings is 2. The molecular weight excluding hydrogens is 284 g/mol. The summed E-state index contributed by atoms with van der Waals surface area (Å²) in [5.41, 5.74) is 6.76. The van der Waals surface area contributed by atoms with E-state index >= 15 is 0 Å². The molecule has 0 aliphatic rings. The zero-order valence-corrected chi connectivity index (χ0v) is 13.2. The highest BCUT2D eigenvalue weighted by Crippen LogP contribution is 2.25. The fraction of sp³-hybridized carbons (Fsp3) is 0.250. The number of anilines is 2. The first-order valence-corrected chi connectivity index (χ1v) is 7.77. The standard InChI is InChI=1S/C16H20N2O2S/c1-16(2,19-14-9-7-12(17)8-10-14)18-13-5-4-6-15(11-13)20-21-3/h4-11,18H,17H2,1-3H3. The minimum absolute atomic E-state index is 0.561. The van der Waals surface area contributed by atoms with Crippen LogP contribution < -0.4 is 20.0 Å². The van der Waals surface area contributed by atoms with Gasteiger partial charge < -0.3 is 20.0 Å². The molecule has 2 aromatic carbocycles. The summed E-state index contributed by atoms with van der Waals surface area (Å²) in [7, 11) is 0. The SMILES string of the molecule is CSOc1cccc(NC(C)(C)Oc2ccc(N)cc2)c1. The highest BCUT2D eigenvalue weighted by molar-refractivity contribution is 7.94. The Hall–Kier alpha value is -2.01. The normalized spacial score (nSPS) is 11.0. The van der Waals surface area contributed by atoms with Crippen LogP contribution in [0.2, 0.25) is 0 Å². The molecule has 0 atom stereocenters. The summed E-state index contributed by atoms with van der Waals surface area (Å²) < 4.78 is 11.4. The van der Waals surface area contributed by atoms with Crippen molar-refractivity contribution in [3.63, 3.8) is 0 Å². The van der Waals surface area contributed by atoms with Crippen molar-refractivity contribution in [2.24, 2.45) is 0 Å². The second-order valence-electron chi connectivity index (χ2n) is 5.08. The summed E-state index contributed by atoms with van der Waals surface area (Å²) >= 11 is 1.31. The van der Waals surface area contributed by atoms with Crippen LogP contribution in [0.1, 0.15) is 13.8 Å². The van der Waals surface area contributed by atoms with Gasteiger partial charge in [0.1, 0.15) is 11.5 Å². The number of nitrogens with two attached hydrogens (primary N) is 1. The number of ether oxygens (including phenoxy) is 1. The van der Waals surface area contributed by atoms with Crippen LogP contribution in [0.4, 0.5) is 11.4 Å². The first-order chi connectivity index (χ1) is 9.98. The lowest BCUT2D eigenvalue weighted by atomic mass is 10.2. The van der Waals surface area contributed by atoms with Crippen molar-refractivity contribution in [1.82, 2.24) is 0 Å². The van der Waals surface area contributed by atoms with E-state index in [1.54, 1.807) is 0 Å². The average molecular weight is 304 g/mol. The molecule has 112 valence electrons. The van der Waals surface area contributed by atoms with Gasteiger partial charge in [-0.15, -0.1) is 0 Å². The molecule has 0 amide bonds. The highest BCUT2D eigenvalue weighted by atomic mass is 32.2. The average Bonchev–Trinajstić information content (AvgIpc) is 2.41. The van der Waals surface area contributed by atoms with Crippen LogP contribution in [-0.4, -0.2) is 12.0 Å². The first kappa shape index (κ1) is 15.4. The van der Waals surface area contributed by atoms with Crippen LogP contribution in [0, 0.1) is 0 Å². The molecule has 0 saturated heterocycles. The third-order valence-electron chi connectivity index (χ3n) is 2.71. The van der Waals surface area contributed by atoms with Gasteiger partial charge in [-0.1, -0.05) is 6.07 Å². The Balaban J connectivity index is 2.06. The molecule has 2 aromatic rings. The van der Waals surface area contributed by atoms with Gasteiger partial charge >= 0.3 is 0 Å². The molecule has 0 spiro atoms. The maximum Gasteiger partial charge on any atom is 0.175 e. The highest BCUT2D eigenvalue weighted by Gasteiger charge is 2.19. The maximum atomic E-state index is 5.95. The third-order valence-corrected chi connectivity index (χ3v) is 3.07. The molecule has 4 nitrogen and oxygen atoms in total. The number of nitrogen functional groups attached to an aromatic ring is 1. The van der Waals surface area contributed by atoms with Crippen LogP contribution in [0.25, 0.3) is 0 Å². The lowest BCUT2D eigenvalue weighted by molar-refractivity contribution is 0.140. The van der Waals surface area contributed by atoms with E-state index in [1.807, 2.05) is 68.6 Å². The van der Waals surface area contributed by atoms with Gasteiger partial charge in [0.2, 0.25) is 0 Å². The predicted octanol–water partition coefficient (Wildman–Crippen LogP) is 4.15. The van der Waals surface area contributed by atoms with Gasteiger partial charge in [0.15, 0.2) is 5.72 Å². The summed E-state index contributed by atoms with van der Waals surface area (Å²) in [6.07, 6.45) is 1.88. The number of hydrogen-bond acceptors (Lipinski definition) is 5. The van der Waals surface area contributed by atoms with Gasteiger partial charge in [-0.05, 0) is 50.2 Å². The zero-order valence-electron chi connectivity index (χ0n) is 12.4. The molecule has 5 heteroatoms. The molecule has 0 aromatic heterocycles. The zero-order chi connectivity index (χ0) is 15.3. The van der Waals surface area contributed by atoms with Crippen molar-refractivity contribution in [2.45, 2.75) is 19.6 Å². The van der Waals surface area contributed by atoms with Gasteiger partial charge in [-0.3, -0.25) is 0 Å². The smallest absolute Gasteiger partial charge is 0.175 e. The van der Waals surface area contributed by atoms with Crippen molar-refractivity contribution in [3.05, 3.63) is 48.5 Å². The van der Waals surface area contributed by atoms with Gasteiger partial charge in [0.25, 0.3) is 0 Å². The summed E-state index contributed by atoms with van der Waals surface area (Å²) in [6.45, 7) is 3.93. The van der Waals surface area contributed by atoms with Gasteiger partial charge in [0, 0.05) is 23.7 Å². The summed E-state index contributed by atoms with van der Waals surface area (Å²) in [6, 6.07) is 15.1. The van der Waals surface area contributed by atoms with Crippen molar-refractivity contribution in [2.75, 3.05) is 17.3 Å². The topological polar surface area (TPSA) is 56.5 Å². The largest absolute Gasteiger partial charge is 0.469 e. The Labute approximate surface area is 129 Å². The molecule has 0 bridgehead atoms. The molecule has 0 unspecified atom stereocenters. The van der Waals surface area contributed by atoms with Crippen LogP contribution in [0.15, 0.2) is 48.5 Å². The van der Waals surface area contributed by atoms with E-state index < -0.39 is 5.72 Å². The van der Waals surface area contributed by atoms with Gasteiger partial charge in [-0.25, -0.2) is 0 Å². The molecule has 0 aliphatic heterocycles. The van der Waals surface area contributed by atoms with Gasteiger partial charge in [0.05, 0.1) is 12.0 Å². The molecule has 0 heterocycles. The molecule has 21 heavy (non-hydrogen) atoms. The Morgan fingerprint density at radius 3 is 2.43 bits per heavy atom.